The van der Waals surface area contributed by atoms with E-state index in [9.17, 15) is 0 Å². The fourth-order valence-corrected chi connectivity index (χ4v) is 25.3. The SMILES string of the molecule is C=CCCCO[C@H]1O[C@H](CO[C@H]2O[C@H](COCc3ccccc3)[C@@H](OCc3ccccc3)[C@H](OCc3ccccc3)[C@@H]2O[C@H]2O[C@H](CO[Si](C(C)C)(C(C)C)C(C)C)[C@@H](OCc3ccccc3)[C@H](OCc3ccccc3)[C@@H]2O[C@H]2O[C@H](COCc3ccccc3)[C@@H](OCc3ccccc3)[C@H](OCc3ccccc3)[C@@H]2OCc2ccccc2)[C@@H](OCc2ccccc2)[C@H](OCc2ccccc2)[C@@H]1OCc1ccccc1. The molecule has 0 amide bonds. The first kappa shape index (κ1) is 107. The zero-order valence-corrected chi connectivity index (χ0v) is 84.7. The van der Waals surface area contributed by atoms with Gasteiger partial charge in [0.25, 0.3) is 0 Å². The van der Waals surface area contributed by atoms with Crippen LogP contribution in [0.1, 0.15) is 121 Å². The minimum atomic E-state index is -2.84. The lowest BCUT2D eigenvalue weighted by molar-refractivity contribution is -0.407. The molecule has 0 aliphatic carbocycles. The monoisotopic (exact) mass is 1970 g/mol. The van der Waals surface area contributed by atoms with Crippen molar-refractivity contribution in [1.29, 1.82) is 0 Å². The highest BCUT2D eigenvalue weighted by atomic mass is 28.4. The van der Waals surface area contributed by atoms with Crippen LogP contribution in [0.4, 0.5) is 0 Å². The Labute approximate surface area is 851 Å². The van der Waals surface area contributed by atoms with Gasteiger partial charge in [-0.05, 0) is 96.2 Å². The quantitative estimate of drug-likeness (QED) is 0.0198. The predicted octanol–water partition coefficient (Wildman–Crippen LogP) is 23.1. The summed E-state index contributed by atoms with van der Waals surface area (Å²) in [7, 11) is -2.84. The van der Waals surface area contributed by atoms with E-state index in [1.807, 2.05) is 358 Å². The Balaban J connectivity index is 0.896. The van der Waals surface area contributed by atoms with Gasteiger partial charge in [-0.1, -0.05) is 412 Å². The van der Waals surface area contributed by atoms with Gasteiger partial charge in [0.1, 0.15) is 97.7 Å². The fourth-order valence-electron chi connectivity index (χ4n) is 19.8. The Morgan fingerprint density at radius 2 is 0.424 bits per heavy atom. The Hall–Kier alpha value is -10.2. The van der Waals surface area contributed by atoms with Gasteiger partial charge < -0.3 is 99.2 Å². The summed E-state index contributed by atoms with van der Waals surface area (Å²) in [5, 5.41) is 0. The summed E-state index contributed by atoms with van der Waals surface area (Å²) in [6.07, 6.45) is -19.1. The molecule has 4 aliphatic rings. The lowest BCUT2D eigenvalue weighted by Gasteiger charge is -2.52. The summed E-state index contributed by atoms with van der Waals surface area (Å²) >= 11 is 0. The maximum atomic E-state index is 8.47. The van der Waals surface area contributed by atoms with E-state index < -0.39 is 131 Å². The number of ether oxygens (including phenoxy) is 20. The van der Waals surface area contributed by atoms with Crippen molar-refractivity contribution in [2.75, 3.05) is 33.0 Å². The third kappa shape index (κ3) is 30.7. The molecule has 0 aromatic heterocycles. The van der Waals surface area contributed by atoms with E-state index in [1.165, 1.54) is 0 Å². The molecule has 0 N–H and O–H groups in total. The highest BCUT2D eigenvalue weighted by Gasteiger charge is 2.60. The third-order valence-corrected chi connectivity index (χ3v) is 33.1. The molecule has 0 spiro atoms. The highest BCUT2D eigenvalue weighted by Crippen LogP contribution is 2.46. The van der Waals surface area contributed by atoms with Crippen molar-refractivity contribution >= 4 is 8.32 Å². The summed E-state index contributed by atoms with van der Waals surface area (Å²) in [6.45, 7) is 19.5. The van der Waals surface area contributed by atoms with Crippen LogP contribution < -0.4 is 0 Å². The maximum Gasteiger partial charge on any atom is 0.200 e. The molecule has 12 aromatic rings. The molecule has 16 rings (SSSR count). The van der Waals surface area contributed by atoms with Crippen molar-refractivity contribution in [3.05, 3.63) is 443 Å². The minimum Gasteiger partial charge on any atom is -0.413 e. The summed E-state index contributed by atoms with van der Waals surface area (Å²) in [4.78, 5) is 0. The van der Waals surface area contributed by atoms with Crippen LogP contribution in [0.15, 0.2) is 377 Å². The summed E-state index contributed by atoms with van der Waals surface area (Å²) in [5.74, 6) is 0. The van der Waals surface area contributed by atoms with Crippen molar-refractivity contribution in [3.63, 3.8) is 0 Å². The Morgan fingerprint density at radius 1 is 0.222 bits per heavy atom. The standard InChI is InChI=1S/C122H142O21Si/c1-8-9-46-71-125-119-115(134-82-101-67-42-20-43-68-101)111(130-78-97-59-34-16-35-60-97)109(128-76-95-55-30-14-31-56-95)105(139-119)86-136-120-117(113(132-80-99-63-38-18-39-64-99)108(127-75-94-53-28-13-29-54-94)103(138-120)84-123-72-91-47-22-10-23-48-91)142-122-118(114(133-81-100-65-40-19-41-66-100)110(129-77-96-57-32-15-33-58-96)106(141-122)87-137-144(88(2)3,89(4)5)90(6)7)143-121-116(135-83-102-69-44-21-45-70-102)112(131-79-98-61-36-17-37-62-98)107(126-74-93-51-26-12-27-52-93)104(140-121)85-124-73-92-49-24-11-25-50-92/h8,10-45,47-70,88-90,103-122H,1,9,46,71-87H2,2-7H3/t103-,104-,105-,106-,107-,108-,109-,110-,111+,112+,113+,114+,115+,116+,117+,118+,119+,120+,121-,122-/m1/s1. The van der Waals surface area contributed by atoms with E-state index in [2.05, 4.69) is 60.3 Å². The Kier molecular flexibility index (Phi) is 41.9. The van der Waals surface area contributed by atoms with Gasteiger partial charge in [-0.15, -0.1) is 6.58 Å². The average molecular weight is 1970 g/mol. The number of hydrogen-bond donors (Lipinski definition) is 0. The van der Waals surface area contributed by atoms with E-state index in [-0.39, 0.29) is 129 Å². The molecule has 4 saturated heterocycles. The van der Waals surface area contributed by atoms with Crippen molar-refractivity contribution in [1.82, 2.24) is 0 Å². The molecule has 0 saturated carbocycles. The molecule has 4 heterocycles. The molecule has 760 valence electrons. The van der Waals surface area contributed by atoms with Gasteiger partial charge >= 0.3 is 0 Å². The molecule has 144 heavy (non-hydrogen) atoms. The largest absolute Gasteiger partial charge is 0.413 e. The van der Waals surface area contributed by atoms with Crippen molar-refractivity contribution < 1.29 is 99.2 Å². The molecule has 20 atom stereocenters. The van der Waals surface area contributed by atoms with E-state index in [0.29, 0.717) is 12.8 Å². The Bertz CT molecular complexity index is 5500. The molecule has 0 radical (unpaired) electrons. The van der Waals surface area contributed by atoms with E-state index in [0.717, 1.165) is 66.8 Å². The molecular formula is C122H142O21Si. The van der Waals surface area contributed by atoms with Crippen LogP contribution in [-0.4, -0.2) is 164 Å². The molecule has 21 nitrogen and oxygen atoms in total. The van der Waals surface area contributed by atoms with Gasteiger partial charge in [-0.2, -0.15) is 0 Å². The van der Waals surface area contributed by atoms with Crippen molar-refractivity contribution in [3.8, 4) is 0 Å². The van der Waals surface area contributed by atoms with Gasteiger partial charge in [0.15, 0.2) is 33.5 Å². The number of rotatable bonds is 56. The first-order valence-corrected chi connectivity index (χ1v) is 53.2. The Morgan fingerprint density at radius 3 is 0.688 bits per heavy atom. The van der Waals surface area contributed by atoms with Crippen molar-refractivity contribution in [2.24, 2.45) is 0 Å². The molecule has 4 fully saturated rings. The van der Waals surface area contributed by atoms with Crippen LogP contribution in [0.2, 0.25) is 16.6 Å². The maximum absolute atomic E-state index is 8.47. The second kappa shape index (κ2) is 56.6. The van der Waals surface area contributed by atoms with E-state index in [1.54, 1.807) is 0 Å². The first-order chi connectivity index (χ1) is 70.9. The van der Waals surface area contributed by atoms with Gasteiger partial charge in [-0.3, -0.25) is 0 Å². The highest BCUT2D eigenvalue weighted by molar-refractivity contribution is 6.77. The van der Waals surface area contributed by atoms with Gasteiger partial charge in [-0.25, -0.2) is 0 Å². The van der Waals surface area contributed by atoms with Crippen LogP contribution in [0.3, 0.4) is 0 Å². The predicted molar refractivity (Wildman–Crippen MR) is 555 cm³/mol. The lowest BCUT2D eigenvalue weighted by Crippen LogP contribution is -2.69. The second-order valence-corrected chi connectivity index (χ2v) is 43.7. The van der Waals surface area contributed by atoms with E-state index >= 15 is 0 Å². The summed E-state index contributed by atoms with van der Waals surface area (Å²) in [5.41, 5.74) is 11.4. The lowest BCUT2D eigenvalue weighted by atomic mass is 9.95. The normalized spacial score (nSPS) is 24.6. The van der Waals surface area contributed by atoms with Crippen LogP contribution in [-0.2, 0) is 178 Å². The zero-order valence-electron chi connectivity index (χ0n) is 83.7. The summed E-state index contributed by atoms with van der Waals surface area (Å²) in [6, 6.07) is 121. The second-order valence-electron chi connectivity index (χ2n) is 38.3. The molecule has 0 unspecified atom stereocenters. The smallest absolute Gasteiger partial charge is 0.200 e. The van der Waals surface area contributed by atoms with Crippen LogP contribution in [0.25, 0.3) is 0 Å². The number of benzene rings is 12. The average Bonchev–Trinajstić information content (AvgIpc) is 0.755. The molecular weight excluding hydrogens is 1830 g/mol. The van der Waals surface area contributed by atoms with Gasteiger partial charge in [0, 0.05) is 0 Å². The molecule has 4 aliphatic heterocycles. The first-order valence-electron chi connectivity index (χ1n) is 51.1. The van der Waals surface area contributed by atoms with E-state index in [4.69, 9.17) is 99.2 Å². The summed E-state index contributed by atoms with van der Waals surface area (Å²) < 4.78 is 161. The van der Waals surface area contributed by atoms with Crippen LogP contribution in [0.5, 0.6) is 0 Å². The zero-order chi connectivity index (χ0) is 99.1. The number of hydrogen-bond acceptors (Lipinski definition) is 21. The minimum absolute atomic E-state index is 0.00103. The molecule has 12 aromatic carbocycles. The van der Waals surface area contributed by atoms with Crippen LogP contribution >= 0.6 is 0 Å². The van der Waals surface area contributed by atoms with Gasteiger partial charge in [0.2, 0.25) is 0 Å². The van der Waals surface area contributed by atoms with Gasteiger partial charge in [0.05, 0.1) is 112 Å². The fraction of sp³-hybridized carbons (Fsp3) is 0.393. The van der Waals surface area contributed by atoms with Crippen molar-refractivity contribution in [2.45, 2.75) is 273 Å². The number of allylic oxidation sites excluding steroid dienone is 1. The number of unbranched alkanes of at least 4 members (excludes halogenated alkanes) is 1. The molecule has 22 heteroatoms. The topological polar surface area (TPSA) is 194 Å². The van der Waals surface area contributed by atoms with Crippen LogP contribution in [0, 0.1) is 0 Å². The third-order valence-electron chi connectivity index (χ3n) is 27.1. The molecule has 0 bridgehead atoms.